The van der Waals surface area contributed by atoms with E-state index in [1.807, 2.05) is 0 Å². The summed E-state index contributed by atoms with van der Waals surface area (Å²) < 4.78 is 13.3. The third kappa shape index (κ3) is 4.62. The molecule has 0 aliphatic carbocycles. The molecule has 0 aliphatic rings. The molecular weight excluding hydrogens is 285 g/mol. The molecule has 0 saturated heterocycles. The van der Waals surface area contributed by atoms with Gasteiger partial charge < -0.3 is 16.9 Å². The fourth-order valence-electron chi connectivity index (χ4n) is 1.70. The Morgan fingerprint density at radius 1 is 1.41 bits per heavy atom. The fourth-order valence-corrected chi connectivity index (χ4v) is 1.70. The van der Waals surface area contributed by atoms with Crippen LogP contribution in [0.2, 0.25) is 0 Å². The smallest absolute Gasteiger partial charge is 0.162 e. The summed E-state index contributed by atoms with van der Waals surface area (Å²) in [4.78, 5) is 19.7. The molecule has 0 atom stereocenters. The van der Waals surface area contributed by atoms with Crippen molar-refractivity contribution in [2.45, 2.75) is 20.3 Å². The van der Waals surface area contributed by atoms with Crippen LogP contribution in [0.1, 0.15) is 30.6 Å². The van der Waals surface area contributed by atoms with Gasteiger partial charge in [-0.15, -0.1) is 0 Å². The first-order chi connectivity index (χ1) is 10.4. The highest BCUT2D eigenvalue weighted by Crippen LogP contribution is 2.22. The summed E-state index contributed by atoms with van der Waals surface area (Å²) in [5, 5.41) is 7.33. The third-order valence-electron chi connectivity index (χ3n) is 2.84. The van der Waals surface area contributed by atoms with Gasteiger partial charge in [-0.05, 0) is 37.6 Å². The zero-order valence-electron chi connectivity index (χ0n) is 12.4. The van der Waals surface area contributed by atoms with Crippen molar-refractivity contribution in [2.75, 3.05) is 0 Å². The number of Topliss-reactive ketones (excluding diaryl/α,β-unsaturated/α-hetero) is 1. The highest BCUT2D eigenvalue weighted by molar-refractivity contribution is 6.02. The van der Waals surface area contributed by atoms with Crippen molar-refractivity contribution in [2.24, 2.45) is 21.5 Å². The Bertz CT molecular complexity index is 673. The molecule has 0 spiro atoms. The van der Waals surface area contributed by atoms with Gasteiger partial charge in [0.25, 0.3) is 0 Å². The lowest BCUT2D eigenvalue weighted by molar-refractivity contribution is 0.101. The van der Waals surface area contributed by atoms with E-state index in [-0.39, 0.29) is 29.3 Å². The molecular formula is C15H18FN5O. The minimum atomic E-state index is -0.522. The summed E-state index contributed by atoms with van der Waals surface area (Å²) in [6.07, 6.45) is 2.34. The molecule has 1 aromatic rings. The molecule has 116 valence electrons. The summed E-state index contributed by atoms with van der Waals surface area (Å²) in [6.45, 7) is 2.98. The maximum absolute atomic E-state index is 13.3. The summed E-state index contributed by atoms with van der Waals surface area (Å²) in [7, 11) is 0. The lowest BCUT2D eigenvalue weighted by atomic mass is 10.1. The Labute approximate surface area is 128 Å². The largest absolute Gasteiger partial charge is 0.402 e. The third-order valence-corrected chi connectivity index (χ3v) is 2.84. The van der Waals surface area contributed by atoms with Gasteiger partial charge in [-0.25, -0.2) is 14.4 Å². The lowest BCUT2D eigenvalue weighted by Gasteiger charge is -2.06. The van der Waals surface area contributed by atoms with Gasteiger partial charge >= 0.3 is 0 Å². The second-order valence-corrected chi connectivity index (χ2v) is 4.55. The minimum absolute atomic E-state index is 0.148. The molecule has 0 aromatic heterocycles. The molecule has 7 heteroatoms. The van der Waals surface area contributed by atoms with Crippen molar-refractivity contribution >= 4 is 29.9 Å². The average Bonchev–Trinajstić information content (AvgIpc) is 2.45. The molecule has 0 bridgehead atoms. The van der Waals surface area contributed by atoms with E-state index >= 15 is 0 Å². The Morgan fingerprint density at radius 2 is 2.09 bits per heavy atom. The molecule has 0 aliphatic heterocycles. The molecule has 0 fully saturated rings. The Kier molecular flexibility index (Phi) is 6.12. The van der Waals surface area contributed by atoms with Gasteiger partial charge in [-0.2, -0.15) is 0 Å². The number of nitrogens with one attached hydrogen (secondary N) is 1. The monoisotopic (exact) mass is 303 g/mol. The van der Waals surface area contributed by atoms with E-state index in [0.29, 0.717) is 11.3 Å². The van der Waals surface area contributed by atoms with Gasteiger partial charge in [0.05, 0.1) is 12.0 Å². The number of aliphatic imine (C=N–C) groups is 2. The maximum Gasteiger partial charge on any atom is 0.162 e. The van der Waals surface area contributed by atoms with E-state index in [9.17, 15) is 9.18 Å². The predicted molar refractivity (Wildman–Crippen MR) is 86.5 cm³/mol. The van der Waals surface area contributed by atoms with Crippen LogP contribution in [0.5, 0.6) is 0 Å². The quantitative estimate of drug-likeness (QED) is 0.440. The molecule has 1 aromatic carbocycles. The topological polar surface area (TPSA) is 118 Å². The van der Waals surface area contributed by atoms with E-state index in [2.05, 4.69) is 9.98 Å². The van der Waals surface area contributed by atoms with Crippen LogP contribution in [0.25, 0.3) is 0 Å². The van der Waals surface area contributed by atoms with Crippen molar-refractivity contribution in [1.29, 1.82) is 5.41 Å². The Morgan fingerprint density at radius 3 is 2.59 bits per heavy atom. The number of nitrogens with zero attached hydrogens (tertiary/aromatic N) is 2. The molecule has 0 saturated carbocycles. The van der Waals surface area contributed by atoms with Crippen molar-refractivity contribution < 1.29 is 9.18 Å². The zero-order chi connectivity index (χ0) is 16.7. The van der Waals surface area contributed by atoms with Gasteiger partial charge in [-0.3, -0.25) is 4.79 Å². The van der Waals surface area contributed by atoms with Crippen LogP contribution in [0.3, 0.4) is 0 Å². The van der Waals surface area contributed by atoms with E-state index in [1.165, 1.54) is 19.1 Å². The Balaban J connectivity index is 3.33. The average molecular weight is 303 g/mol. The van der Waals surface area contributed by atoms with Crippen molar-refractivity contribution in [3.05, 3.63) is 40.8 Å². The molecule has 0 radical (unpaired) electrons. The van der Waals surface area contributed by atoms with Gasteiger partial charge in [-0.1, -0.05) is 0 Å². The van der Waals surface area contributed by atoms with E-state index in [0.717, 1.165) is 18.6 Å². The number of nitrogens with two attached hydrogens (primary N) is 2. The zero-order valence-corrected chi connectivity index (χ0v) is 12.4. The highest BCUT2D eigenvalue weighted by atomic mass is 19.1. The van der Waals surface area contributed by atoms with Gasteiger partial charge in [0.1, 0.15) is 11.7 Å². The van der Waals surface area contributed by atoms with Crippen LogP contribution in [0.15, 0.2) is 39.5 Å². The molecule has 6 nitrogen and oxygen atoms in total. The van der Waals surface area contributed by atoms with Crippen LogP contribution >= 0.6 is 0 Å². The first kappa shape index (κ1) is 17.2. The van der Waals surface area contributed by atoms with Crippen molar-refractivity contribution in [3.63, 3.8) is 0 Å². The summed E-state index contributed by atoms with van der Waals surface area (Å²) in [5.74, 6) is -0.571. The van der Waals surface area contributed by atoms with Crippen LogP contribution in [0.4, 0.5) is 10.1 Å². The number of rotatable bonds is 5. The van der Waals surface area contributed by atoms with Crippen molar-refractivity contribution in [3.8, 4) is 0 Å². The van der Waals surface area contributed by atoms with E-state index in [1.54, 1.807) is 6.92 Å². The molecule has 0 amide bonds. The first-order valence-corrected chi connectivity index (χ1v) is 6.47. The number of benzene rings is 1. The van der Waals surface area contributed by atoms with Crippen molar-refractivity contribution in [1.82, 2.24) is 0 Å². The molecule has 1 rings (SSSR count). The maximum atomic E-state index is 13.3. The number of amidine groups is 1. The number of carbonyl (C=O) groups excluding carboxylic acids is 1. The first-order valence-electron chi connectivity index (χ1n) is 6.47. The van der Waals surface area contributed by atoms with Gasteiger partial charge in [0.15, 0.2) is 5.78 Å². The summed E-state index contributed by atoms with van der Waals surface area (Å²) in [6, 6.07) is 3.71. The lowest BCUT2D eigenvalue weighted by Crippen LogP contribution is -2.07. The molecule has 5 N–H and O–H groups in total. The standard InChI is InChI=1S/C15H18FN5O/c1-9(19)11(7-17)5-15(20-8-18)21-14-4-3-12(16)6-13(14)10(2)22/h3-4,6-8,17H,5,19H2,1-2H3,(H2,18,20,21)/b11-9-,17-7?. The van der Waals surface area contributed by atoms with Crippen LogP contribution in [0, 0.1) is 11.2 Å². The van der Waals surface area contributed by atoms with Crippen LogP contribution in [-0.4, -0.2) is 24.2 Å². The summed E-state index contributed by atoms with van der Waals surface area (Å²) >= 11 is 0. The fraction of sp³-hybridized carbons (Fsp3) is 0.200. The Hall–Kier alpha value is -2.83. The van der Waals surface area contributed by atoms with E-state index in [4.69, 9.17) is 16.9 Å². The predicted octanol–water partition coefficient (Wildman–Crippen LogP) is 2.32. The second kappa shape index (κ2) is 7.82. The number of ketones is 1. The number of halogens is 1. The van der Waals surface area contributed by atoms with Crippen LogP contribution < -0.4 is 11.5 Å². The van der Waals surface area contributed by atoms with Gasteiger partial charge in [0.2, 0.25) is 0 Å². The minimum Gasteiger partial charge on any atom is -0.402 e. The highest BCUT2D eigenvalue weighted by Gasteiger charge is 2.10. The second-order valence-electron chi connectivity index (χ2n) is 4.55. The SMILES string of the molecule is CC(=O)c1cc(F)ccc1N=C(C/C(C=N)=C(\C)N)N=CN. The normalized spacial score (nSPS) is 13.1. The molecule has 0 heterocycles. The number of allylic oxidation sites excluding steroid dienone is 1. The molecule has 22 heavy (non-hydrogen) atoms. The number of carbonyl (C=O) groups is 1. The van der Waals surface area contributed by atoms with Crippen LogP contribution in [-0.2, 0) is 0 Å². The molecule has 0 unspecified atom stereocenters. The number of hydrogen-bond acceptors (Lipinski definition) is 4. The van der Waals surface area contributed by atoms with E-state index < -0.39 is 5.82 Å². The van der Waals surface area contributed by atoms with Gasteiger partial charge in [0, 0.05) is 23.9 Å². The summed E-state index contributed by atoms with van der Waals surface area (Å²) in [5.41, 5.74) is 12.4. The number of hydrogen-bond donors (Lipinski definition) is 3.